The molecule has 1 saturated heterocycles. The highest BCUT2D eigenvalue weighted by molar-refractivity contribution is 5.93. The highest BCUT2D eigenvalue weighted by atomic mass is 16.2. The minimum Gasteiger partial charge on any atom is -0.351 e. The first-order valence-electron chi connectivity index (χ1n) is 7.73. The quantitative estimate of drug-likeness (QED) is 0.750. The van der Waals surface area contributed by atoms with Crippen LogP contribution in [0.4, 0.5) is 4.79 Å². The molecule has 0 aromatic heterocycles. The Balaban J connectivity index is 1.98. The molecule has 1 atom stereocenters. The van der Waals surface area contributed by atoms with E-state index in [4.69, 9.17) is 5.73 Å². The van der Waals surface area contributed by atoms with Crippen molar-refractivity contribution in [3.8, 4) is 0 Å². The normalized spacial score (nSPS) is 18.9. The third kappa shape index (κ3) is 4.54. The summed E-state index contributed by atoms with van der Waals surface area (Å²) in [6, 6.07) is 8.09. The largest absolute Gasteiger partial charge is 0.351 e. The smallest absolute Gasteiger partial charge is 0.318 e. The Kier molecular flexibility index (Phi) is 5.91. The molecule has 3 amide bonds. The predicted molar refractivity (Wildman–Crippen MR) is 85.3 cm³/mol. The van der Waals surface area contributed by atoms with Gasteiger partial charge in [-0.15, -0.1) is 0 Å². The number of amides is 3. The molecule has 1 heterocycles. The van der Waals surface area contributed by atoms with Crippen LogP contribution in [0.25, 0.3) is 0 Å². The number of imide groups is 1. The minimum atomic E-state index is -0.794. The molecule has 2 rings (SSSR count). The van der Waals surface area contributed by atoms with Crippen LogP contribution in [0.3, 0.4) is 0 Å². The van der Waals surface area contributed by atoms with Crippen molar-refractivity contribution in [3.05, 3.63) is 35.4 Å². The van der Waals surface area contributed by atoms with Gasteiger partial charge in [0.1, 0.15) is 0 Å². The summed E-state index contributed by atoms with van der Waals surface area (Å²) in [4.78, 5) is 24.5. The second-order valence-electron chi connectivity index (χ2n) is 5.51. The van der Waals surface area contributed by atoms with E-state index in [0.29, 0.717) is 6.54 Å². The lowest BCUT2D eigenvalue weighted by Crippen LogP contribution is -2.47. The van der Waals surface area contributed by atoms with Crippen LogP contribution in [0.5, 0.6) is 0 Å². The zero-order valence-corrected chi connectivity index (χ0v) is 13.0. The molecule has 0 aliphatic carbocycles. The van der Waals surface area contributed by atoms with Gasteiger partial charge in [-0.05, 0) is 17.5 Å². The van der Waals surface area contributed by atoms with Crippen LogP contribution < -0.4 is 16.4 Å². The summed E-state index contributed by atoms with van der Waals surface area (Å²) in [7, 11) is 0. The summed E-state index contributed by atoms with van der Waals surface area (Å²) < 4.78 is 0. The van der Waals surface area contributed by atoms with Crippen LogP contribution in [0.15, 0.2) is 24.3 Å². The van der Waals surface area contributed by atoms with Gasteiger partial charge in [0, 0.05) is 38.6 Å². The monoisotopic (exact) mass is 304 g/mol. The van der Waals surface area contributed by atoms with Crippen molar-refractivity contribution in [3.63, 3.8) is 0 Å². The maximum atomic E-state index is 11.6. The predicted octanol–water partition coefficient (Wildman–Crippen LogP) is 0.780. The number of nitrogens with two attached hydrogens (primary N) is 1. The van der Waals surface area contributed by atoms with E-state index in [1.54, 1.807) is 0 Å². The number of piperazine rings is 1. The van der Waals surface area contributed by atoms with E-state index in [0.717, 1.165) is 26.1 Å². The third-order valence-corrected chi connectivity index (χ3v) is 4.02. The number of hydrogen-bond acceptors (Lipinski definition) is 4. The van der Waals surface area contributed by atoms with Crippen molar-refractivity contribution >= 4 is 11.9 Å². The van der Waals surface area contributed by atoms with E-state index in [2.05, 4.69) is 46.7 Å². The third-order valence-electron chi connectivity index (χ3n) is 4.02. The van der Waals surface area contributed by atoms with Gasteiger partial charge in [-0.2, -0.15) is 0 Å². The fourth-order valence-corrected chi connectivity index (χ4v) is 2.76. The Bertz CT molecular complexity index is 515. The van der Waals surface area contributed by atoms with Crippen molar-refractivity contribution in [2.24, 2.45) is 5.73 Å². The highest BCUT2D eigenvalue weighted by Crippen LogP contribution is 2.22. The Labute approximate surface area is 131 Å². The number of urea groups is 1. The number of aryl methyl sites for hydroxylation is 1. The number of nitrogens with one attached hydrogen (secondary N) is 2. The molecule has 0 radical (unpaired) electrons. The van der Waals surface area contributed by atoms with Crippen molar-refractivity contribution in [2.45, 2.75) is 25.8 Å². The van der Waals surface area contributed by atoms with Crippen LogP contribution in [-0.2, 0) is 11.2 Å². The number of carbonyl (C=O) groups excluding carboxylic acids is 2. The second kappa shape index (κ2) is 7.91. The van der Waals surface area contributed by atoms with E-state index >= 15 is 0 Å². The minimum absolute atomic E-state index is 0.251. The van der Waals surface area contributed by atoms with Gasteiger partial charge in [-0.1, -0.05) is 31.2 Å². The lowest BCUT2D eigenvalue weighted by atomic mass is 10.0. The van der Waals surface area contributed by atoms with Gasteiger partial charge >= 0.3 is 6.03 Å². The van der Waals surface area contributed by atoms with Crippen molar-refractivity contribution in [1.29, 1.82) is 0 Å². The van der Waals surface area contributed by atoms with Crippen LogP contribution >= 0.6 is 0 Å². The maximum absolute atomic E-state index is 11.6. The molecule has 6 nitrogen and oxygen atoms in total. The molecule has 0 saturated carbocycles. The fourth-order valence-electron chi connectivity index (χ4n) is 2.76. The molecule has 120 valence electrons. The first-order chi connectivity index (χ1) is 10.6. The van der Waals surface area contributed by atoms with Crippen LogP contribution in [-0.4, -0.2) is 43.0 Å². The SMILES string of the molecule is CCc1ccc(C2CNCCN2CCC(=O)NC(N)=O)cc1. The first kappa shape index (κ1) is 16.5. The molecule has 0 spiro atoms. The second-order valence-corrected chi connectivity index (χ2v) is 5.51. The van der Waals surface area contributed by atoms with Gasteiger partial charge in [0.2, 0.25) is 5.91 Å². The van der Waals surface area contributed by atoms with E-state index in [1.807, 2.05) is 0 Å². The summed E-state index contributed by atoms with van der Waals surface area (Å²) in [5.41, 5.74) is 7.52. The van der Waals surface area contributed by atoms with Gasteiger partial charge in [0.05, 0.1) is 0 Å². The molecular weight excluding hydrogens is 280 g/mol. The van der Waals surface area contributed by atoms with E-state index in [-0.39, 0.29) is 18.4 Å². The summed E-state index contributed by atoms with van der Waals surface area (Å²) in [6.07, 6.45) is 1.30. The van der Waals surface area contributed by atoms with Gasteiger partial charge in [0.25, 0.3) is 0 Å². The first-order valence-corrected chi connectivity index (χ1v) is 7.73. The summed E-state index contributed by atoms with van der Waals surface area (Å²) in [5, 5.41) is 5.51. The number of nitrogens with zero attached hydrogens (tertiary/aromatic N) is 1. The molecule has 6 heteroatoms. The van der Waals surface area contributed by atoms with Crippen LogP contribution in [0.2, 0.25) is 0 Å². The number of primary amides is 1. The molecular formula is C16H24N4O2. The van der Waals surface area contributed by atoms with Gasteiger partial charge < -0.3 is 11.1 Å². The standard InChI is InChI=1S/C16H24N4O2/c1-2-12-3-5-13(6-4-12)14-11-18-8-10-20(14)9-7-15(21)19-16(17)22/h3-6,14,18H,2,7-11H2,1H3,(H3,17,19,21,22). The summed E-state index contributed by atoms with van der Waals surface area (Å²) >= 11 is 0. The average Bonchev–Trinajstić information content (AvgIpc) is 2.53. The van der Waals surface area contributed by atoms with E-state index < -0.39 is 6.03 Å². The lowest BCUT2D eigenvalue weighted by molar-refractivity contribution is -0.120. The Morgan fingerprint density at radius 1 is 1.36 bits per heavy atom. The van der Waals surface area contributed by atoms with E-state index in [1.165, 1.54) is 11.1 Å². The zero-order valence-electron chi connectivity index (χ0n) is 13.0. The van der Waals surface area contributed by atoms with Crippen molar-refractivity contribution in [2.75, 3.05) is 26.2 Å². The zero-order chi connectivity index (χ0) is 15.9. The molecule has 1 aromatic rings. The number of benzene rings is 1. The molecule has 1 aromatic carbocycles. The van der Waals surface area contributed by atoms with Crippen LogP contribution in [0, 0.1) is 0 Å². The van der Waals surface area contributed by atoms with E-state index in [9.17, 15) is 9.59 Å². The van der Waals surface area contributed by atoms with Gasteiger partial charge in [0.15, 0.2) is 0 Å². The molecule has 1 aliphatic heterocycles. The summed E-state index contributed by atoms with van der Waals surface area (Å²) in [5.74, 6) is -0.328. The molecule has 0 bridgehead atoms. The Morgan fingerprint density at radius 2 is 2.09 bits per heavy atom. The molecule has 1 aliphatic rings. The van der Waals surface area contributed by atoms with Crippen molar-refractivity contribution < 1.29 is 9.59 Å². The fraction of sp³-hybridized carbons (Fsp3) is 0.500. The molecule has 22 heavy (non-hydrogen) atoms. The highest BCUT2D eigenvalue weighted by Gasteiger charge is 2.24. The summed E-state index contributed by atoms with van der Waals surface area (Å²) in [6.45, 7) is 5.40. The molecule has 1 fully saturated rings. The average molecular weight is 304 g/mol. The molecule has 4 N–H and O–H groups in total. The van der Waals surface area contributed by atoms with Crippen molar-refractivity contribution in [1.82, 2.24) is 15.5 Å². The Morgan fingerprint density at radius 3 is 2.73 bits per heavy atom. The number of carbonyl (C=O) groups is 2. The number of hydrogen-bond donors (Lipinski definition) is 3. The van der Waals surface area contributed by atoms with Gasteiger partial charge in [-0.3, -0.25) is 15.0 Å². The van der Waals surface area contributed by atoms with Crippen LogP contribution in [0.1, 0.15) is 30.5 Å². The Hall–Kier alpha value is -1.92. The number of rotatable bonds is 5. The topological polar surface area (TPSA) is 87.5 Å². The van der Waals surface area contributed by atoms with Gasteiger partial charge in [-0.25, -0.2) is 4.79 Å². The molecule has 1 unspecified atom stereocenters. The maximum Gasteiger partial charge on any atom is 0.318 e. The lowest BCUT2D eigenvalue weighted by Gasteiger charge is -2.36.